The highest BCUT2D eigenvalue weighted by atomic mass is 32.1. The van der Waals surface area contributed by atoms with E-state index in [2.05, 4.69) is 25.2 Å². The second-order valence-electron chi connectivity index (χ2n) is 4.31. The fourth-order valence-corrected chi connectivity index (χ4v) is 2.82. The van der Waals surface area contributed by atoms with Gasteiger partial charge in [0.2, 0.25) is 0 Å². The fraction of sp³-hybridized carbons (Fsp3) is 0.231. The molecule has 0 aliphatic heterocycles. The van der Waals surface area contributed by atoms with Gasteiger partial charge < -0.3 is 11.1 Å². The first-order chi connectivity index (χ1) is 8.99. The Labute approximate surface area is 115 Å². The number of hydrogen-bond donors (Lipinski definition) is 2. The third kappa shape index (κ3) is 2.85. The summed E-state index contributed by atoms with van der Waals surface area (Å²) in [7, 11) is 0. The van der Waals surface area contributed by atoms with Crippen molar-refractivity contribution in [3.8, 4) is 0 Å². The van der Waals surface area contributed by atoms with Crippen molar-refractivity contribution in [1.29, 1.82) is 0 Å². The number of nitrogen functional groups attached to an aromatic ring is 1. The summed E-state index contributed by atoms with van der Waals surface area (Å²) in [6.45, 7) is 4.67. The highest BCUT2D eigenvalue weighted by Gasteiger charge is 2.17. The molecule has 1 aromatic carbocycles. The smallest absolute Gasteiger partial charge is 0.314 e. The first-order valence-electron chi connectivity index (χ1n) is 5.81. The van der Waals surface area contributed by atoms with Gasteiger partial charge >= 0.3 is 5.69 Å². The lowest BCUT2D eigenvalue weighted by molar-refractivity contribution is -0.383. The Bertz CT molecular complexity index is 603. The second-order valence-corrected chi connectivity index (χ2v) is 5.65. The zero-order valence-corrected chi connectivity index (χ0v) is 11.6. The lowest BCUT2D eigenvalue weighted by atomic mass is 10.2. The van der Waals surface area contributed by atoms with E-state index in [0.29, 0.717) is 12.2 Å². The van der Waals surface area contributed by atoms with E-state index >= 15 is 0 Å². The molecule has 0 bridgehead atoms. The van der Waals surface area contributed by atoms with Gasteiger partial charge in [-0.15, -0.1) is 11.3 Å². The number of nitrogens with one attached hydrogen (secondary N) is 1. The van der Waals surface area contributed by atoms with Crippen LogP contribution in [0, 0.1) is 24.0 Å². The van der Waals surface area contributed by atoms with Gasteiger partial charge in [0, 0.05) is 16.3 Å². The van der Waals surface area contributed by atoms with E-state index in [1.165, 1.54) is 16.5 Å². The van der Waals surface area contributed by atoms with Crippen LogP contribution in [-0.2, 0) is 6.54 Å². The Morgan fingerprint density at radius 3 is 2.74 bits per heavy atom. The van der Waals surface area contributed by atoms with Crippen molar-refractivity contribution in [1.82, 2.24) is 0 Å². The van der Waals surface area contributed by atoms with Crippen molar-refractivity contribution in [3.05, 3.63) is 49.7 Å². The van der Waals surface area contributed by atoms with Gasteiger partial charge in [-0.1, -0.05) is 6.07 Å². The van der Waals surface area contributed by atoms with Gasteiger partial charge in [0.05, 0.1) is 4.92 Å². The lowest BCUT2D eigenvalue weighted by Gasteiger charge is -2.07. The van der Waals surface area contributed by atoms with Crippen LogP contribution in [-0.4, -0.2) is 4.92 Å². The first-order valence-corrected chi connectivity index (χ1v) is 6.63. The molecule has 100 valence electrons. The summed E-state index contributed by atoms with van der Waals surface area (Å²) in [6, 6.07) is 6.99. The minimum Gasteiger partial charge on any atom is -0.393 e. The Balaban J connectivity index is 2.20. The number of para-hydroxylation sites is 1. The SMILES string of the molecule is Cc1cc(CNc2cccc(N)c2[N+](=O)[O-])sc1C. The van der Waals surface area contributed by atoms with Crippen molar-refractivity contribution in [3.63, 3.8) is 0 Å². The summed E-state index contributed by atoms with van der Waals surface area (Å²) >= 11 is 1.69. The van der Waals surface area contributed by atoms with Crippen LogP contribution >= 0.6 is 11.3 Å². The molecule has 19 heavy (non-hydrogen) atoms. The topological polar surface area (TPSA) is 81.2 Å². The average molecular weight is 277 g/mol. The fourth-order valence-electron chi connectivity index (χ4n) is 1.83. The number of nitro groups is 1. The summed E-state index contributed by atoms with van der Waals surface area (Å²) < 4.78 is 0. The first kappa shape index (κ1) is 13.4. The molecule has 0 spiro atoms. The van der Waals surface area contributed by atoms with Gasteiger partial charge in [-0.05, 0) is 37.6 Å². The molecule has 0 aliphatic rings. The molecule has 0 amide bonds. The van der Waals surface area contributed by atoms with E-state index in [4.69, 9.17) is 5.73 Å². The van der Waals surface area contributed by atoms with E-state index in [1.54, 1.807) is 23.5 Å². The Hall–Kier alpha value is -2.08. The quantitative estimate of drug-likeness (QED) is 0.509. The van der Waals surface area contributed by atoms with Crippen LogP contribution in [0.3, 0.4) is 0 Å². The van der Waals surface area contributed by atoms with Crippen molar-refractivity contribution in [2.24, 2.45) is 0 Å². The molecular weight excluding hydrogens is 262 g/mol. The number of aryl methyl sites for hydroxylation is 2. The molecule has 0 fully saturated rings. The van der Waals surface area contributed by atoms with E-state index in [-0.39, 0.29) is 11.4 Å². The summed E-state index contributed by atoms with van der Waals surface area (Å²) in [5.41, 5.74) is 7.44. The zero-order chi connectivity index (χ0) is 14.0. The second kappa shape index (κ2) is 5.27. The van der Waals surface area contributed by atoms with Crippen LogP contribution in [0.5, 0.6) is 0 Å². The predicted molar refractivity (Wildman–Crippen MR) is 78.6 cm³/mol. The molecule has 0 radical (unpaired) electrons. The minimum absolute atomic E-state index is 0.0625. The zero-order valence-electron chi connectivity index (χ0n) is 10.8. The van der Waals surface area contributed by atoms with Crippen molar-refractivity contribution in [2.45, 2.75) is 20.4 Å². The van der Waals surface area contributed by atoms with Crippen LogP contribution < -0.4 is 11.1 Å². The number of nitro benzene ring substituents is 1. The number of rotatable bonds is 4. The van der Waals surface area contributed by atoms with Crippen LogP contribution in [0.2, 0.25) is 0 Å². The summed E-state index contributed by atoms with van der Waals surface area (Å²) in [6.07, 6.45) is 0. The van der Waals surface area contributed by atoms with Gasteiger partial charge in [-0.3, -0.25) is 10.1 Å². The van der Waals surface area contributed by atoms with Crippen molar-refractivity contribution < 1.29 is 4.92 Å². The molecule has 0 atom stereocenters. The van der Waals surface area contributed by atoms with Gasteiger partial charge in [-0.2, -0.15) is 0 Å². The molecule has 5 nitrogen and oxygen atoms in total. The van der Waals surface area contributed by atoms with Crippen LogP contribution in [0.1, 0.15) is 15.3 Å². The molecule has 0 aliphatic carbocycles. The van der Waals surface area contributed by atoms with Gasteiger partial charge in [0.15, 0.2) is 0 Å². The standard InChI is InChI=1S/C13H15N3O2S/c1-8-6-10(19-9(8)2)7-15-12-5-3-4-11(14)13(12)16(17)18/h3-6,15H,7,14H2,1-2H3. The predicted octanol–water partition coefficient (Wildman–Crippen LogP) is 3.47. The van der Waals surface area contributed by atoms with E-state index in [0.717, 1.165) is 4.88 Å². The molecule has 2 rings (SSSR count). The monoisotopic (exact) mass is 277 g/mol. The van der Waals surface area contributed by atoms with E-state index < -0.39 is 4.92 Å². The van der Waals surface area contributed by atoms with Gasteiger partial charge in [0.25, 0.3) is 0 Å². The summed E-state index contributed by atoms with van der Waals surface area (Å²) in [4.78, 5) is 13.0. The van der Waals surface area contributed by atoms with Crippen molar-refractivity contribution >= 4 is 28.4 Å². The molecule has 2 aromatic rings. The van der Waals surface area contributed by atoms with Crippen LogP contribution in [0.4, 0.5) is 17.1 Å². The maximum absolute atomic E-state index is 11.0. The summed E-state index contributed by atoms with van der Waals surface area (Å²) in [5, 5.41) is 14.1. The molecular formula is C13H15N3O2S. The third-order valence-electron chi connectivity index (χ3n) is 2.92. The number of thiophene rings is 1. The number of nitrogens with zero attached hydrogens (tertiary/aromatic N) is 1. The van der Waals surface area contributed by atoms with Crippen LogP contribution in [0.25, 0.3) is 0 Å². The number of anilines is 2. The largest absolute Gasteiger partial charge is 0.393 e. The molecule has 3 N–H and O–H groups in total. The molecule has 0 unspecified atom stereocenters. The van der Waals surface area contributed by atoms with Gasteiger partial charge in [-0.25, -0.2) is 0 Å². The highest BCUT2D eigenvalue weighted by molar-refractivity contribution is 7.12. The maximum atomic E-state index is 11.0. The molecule has 1 aromatic heterocycles. The normalized spacial score (nSPS) is 10.4. The number of benzene rings is 1. The number of hydrogen-bond acceptors (Lipinski definition) is 5. The Morgan fingerprint density at radius 1 is 1.42 bits per heavy atom. The lowest BCUT2D eigenvalue weighted by Crippen LogP contribution is -2.03. The molecule has 0 saturated carbocycles. The van der Waals surface area contributed by atoms with Crippen molar-refractivity contribution in [2.75, 3.05) is 11.1 Å². The van der Waals surface area contributed by atoms with Gasteiger partial charge in [0.1, 0.15) is 11.4 Å². The Morgan fingerprint density at radius 2 is 2.16 bits per heavy atom. The molecule has 6 heteroatoms. The Kier molecular flexibility index (Phi) is 3.71. The average Bonchev–Trinajstić information content (AvgIpc) is 2.65. The molecule has 1 heterocycles. The third-order valence-corrected chi connectivity index (χ3v) is 4.07. The van der Waals surface area contributed by atoms with Crippen LogP contribution in [0.15, 0.2) is 24.3 Å². The minimum atomic E-state index is -0.456. The molecule has 0 saturated heterocycles. The maximum Gasteiger partial charge on any atom is 0.314 e. The van der Waals surface area contributed by atoms with E-state index in [1.807, 2.05) is 0 Å². The highest BCUT2D eigenvalue weighted by Crippen LogP contribution is 2.31. The number of nitrogens with two attached hydrogens (primary N) is 1. The summed E-state index contributed by atoms with van der Waals surface area (Å²) in [5.74, 6) is 0. The van der Waals surface area contributed by atoms with E-state index in [9.17, 15) is 10.1 Å².